The van der Waals surface area contributed by atoms with Gasteiger partial charge in [0.05, 0.1) is 0 Å². The molecule has 1 atom stereocenters. The lowest BCUT2D eigenvalue weighted by molar-refractivity contribution is -0.115. The highest BCUT2D eigenvalue weighted by Crippen LogP contribution is 2.25. The Balaban J connectivity index is 2.14. The van der Waals surface area contributed by atoms with E-state index in [4.69, 9.17) is 0 Å². The molecule has 0 radical (unpaired) electrons. The number of anilines is 2. The Morgan fingerprint density at radius 2 is 2.16 bits per heavy atom. The van der Waals surface area contributed by atoms with Crippen molar-refractivity contribution < 1.29 is 13.2 Å². The Hall–Kier alpha value is -1.56. The van der Waals surface area contributed by atoms with Crippen molar-refractivity contribution in [3.8, 4) is 0 Å². The molecule has 2 N–H and O–H groups in total. The van der Waals surface area contributed by atoms with Gasteiger partial charge in [-0.15, -0.1) is 0 Å². The van der Waals surface area contributed by atoms with Gasteiger partial charge in [-0.1, -0.05) is 6.07 Å². The van der Waals surface area contributed by atoms with Gasteiger partial charge < -0.3 is 10.6 Å². The third kappa shape index (κ3) is 3.26. The molecule has 0 aromatic heterocycles. The van der Waals surface area contributed by atoms with E-state index in [1.54, 1.807) is 6.07 Å². The summed E-state index contributed by atoms with van der Waals surface area (Å²) in [5, 5.41) is 4.86. The Morgan fingerprint density at radius 1 is 1.42 bits per heavy atom. The summed E-state index contributed by atoms with van der Waals surface area (Å²) in [6, 6.07) is 5.61. The van der Waals surface area contributed by atoms with Crippen LogP contribution in [0.15, 0.2) is 18.2 Å². The predicted molar refractivity (Wildman–Crippen MR) is 76.2 cm³/mol. The normalized spacial score (nSPS) is 16.1. The van der Waals surface area contributed by atoms with Crippen LogP contribution in [0.4, 0.5) is 11.4 Å². The summed E-state index contributed by atoms with van der Waals surface area (Å²) >= 11 is 0. The van der Waals surface area contributed by atoms with Gasteiger partial charge in [-0.25, -0.2) is 8.42 Å². The molecule has 0 fully saturated rings. The minimum absolute atomic E-state index is 0.502. The quantitative estimate of drug-likeness (QED) is 0.879. The Morgan fingerprint density at radius 3 is 2.84 bits per heavy atom. The standard InChI is InChI=1S/C13H18N2O3S/c1-9(19(2,17)18)13(16)15-11-6-5-10-4-3-7-14-12(10)8-11/h5-6,8-9,14H,3-4,7H2,1-2H3,(H,15,16). The zero-order chi connectivity index (χ0) is 14.0. The molecule has 1 aromatic rings. The Kier molecular flexibility index (Phi) is 3.80. The molecule has 1 unspecified atom stereocenters. The monoisotopic (exact) mass is 282 g/mol. The van der Waals surface area contributed by atoms with E-state index in [1.807, 2.05) is 12.1 Å². The van der Waals surface area contributed by atoms with Crippen LogP contribution < -0.4 is 10.6 Å². The van der Waals surface area contributed by atoms with E-state index in [0.717, 1.165) is 31.3 Å². The van der Waals surface area contributed by atoms with Crippen LogP contribution in [0.5, 0.6) is 0 Å². The summed E-state index contributed by atoms with van der Waals surface area (Å²) in [7, 11) is -3.37. The van der Waals surface area contributed by atoms with E-state index in [1.165, 1.54) is 12.5 Å². The van der Waals surface area contributed by atoms with Gasteiger partial charge in [0.2, 0.25) is 5.91 Å². The molecule has 2 rings (SSSR count). The lowest BCUT2D eigenvalue weighted by atomic mass is 10.0. The zero-order valence-electron chi connectivity index (χ0n) is 11.1. The second-order valence-corrected chi connectivity index (χ2v) is 7.23. The number of hydrogen-bond acceptors (Lipinski definition) is 4. The van der Waals surface area contributed by atoms with E-state index < -0.39 is 21.0 Å². The van der Waals surface area contributed by atoms with Gasteiger partial charge in [0, 0.05) is 24.2 Å². The fourth-order valence-corrected chi connectivity index (χ4v) is 2.42. The number of fused-ring (bicyclic) bond motifs is 1. The minimum Gasteiger partial charge on any atom is -0.385 e. The maximum atomic E-state index is 11.8. The number of amides is 1. The summed E-state index contributed by atoms with van der Waals surface area (Å²) < 4.78 is 22.6. The highest BCUT2D eigenvalue weighted by molar-refractivity contribution is 7.92. The van der Waals surface area contributed by atoms with E-state index in [0.29, 0.717) is 5.69 Å². The number of carbonyl (C=O) groups is 1. The van der Waals surface area contributed by atoms with Crippen molar-refractivity contribution in [3.05, 3.63) is 23.8 Å². The number of hydrogen-bond donors (Lipinski definition) is 2. The lowest BCUT2D eigenvalue weighted by Crippen LogP contribution is -2.31. The third-order valence-electron chi connectivity index (χ3n) is 3.33. The fourth-order valence-electron chi connectivity index (χ4n) is 1.98. The predicted octanol–water partition coefficient (Wildman–Crippen LogP) is 1.42. The molecular formula is C13H18N2O3S. The molecule has 0 spiro atoms. The molecule has 1 aliphatic rings. The average Bonchev–Trinajstić information content (AvgIpc) is 2.36. The van der Waals surface area contributed by atoms with Crippen LogP contribution in [0, 0.1) is 0 Å². The van der Waals surface area contributed by atoms with Gasteiger partial charge in [-0.05, 0) is 37.5 Å². The van der Waals surface area contributed by atoms with Crippen LogP contribution in [0.1, 0.15) is 18.9 Å². The highest BCUT2D eigenvalue weighted by atomic mass is 32.2. The molecule has 1 aliphatic heterocycles. The van der Waals surface area contributed by atoms with Crippen molar-refractivity contribution in [2.45, 2.75) is 25.0 Å². The maximum Gasteiger partial charge on any atom is 0.242 e. The summed E-state index contributed by atoms with van der Waals surface area (Å²) in [6.07, 6.45) is 3.19. The topological polar surface area (TPSA) is 75.3 Å². The van der Waals surface area contributed by atoms with Gasteiger partial charge in [-0.3, -0.25) is 4.79 Å². The second-order valence-electron chi connectivity index (χ2n) is 4.86. The SMILES string of the molecule is CC(C(=O)Nc1ccc2c(c1)NCCC2)S(C)(=O)=O. The molecule has 6 heteroatoms. The van der Waals surface area contributed by atoms with E-state index in [-0.39, 0.29) is 0 Å². The van der Waals surface area contributed by atoms with Gasteiger partial charge in [0.1, 0.15) is 5.25 Å². The summed E-state index contributed by atoms with van der Waals surface area (Å²) in [5.41, 5.74) is 2.85. The Labute approximate surface area is 113 Å². The largest absolute Gasteiger partial charge is 0.385 e. The molecule has 19 heavy (non-hydrogen) atoms. The molecule has 0 saturated heterocycles. The van der Waals surface area contributed by atoms with Gasteiger partial charge in [0.15, 0.2) is 9.84 Å². The van der Waals surface area contributed by atoms with E-state index in [9.17, 15) is 13.2 Å². The van der Waals surface area contributed by atoms with E-state index >= 15 is 0 Å². The molecule has 1 heterocycles. The molecule has 0 bridgehead atoms. The van der Waals surface area contributed by atoms with Gasteiger partial charge in [-0.2, -0.15) is 0 Å². The van der Waals surface area contributed by atoms with Crippen LogP contribution in [-0.4, -0.2) is 32.4 Å². The smallest absolute Gasteiger partial charge is 0.242 e. The Bertz CT molecular complexity index is 596. The maximum absolute atomic E-state index is 11.8. The van der Waals surface area contributed by atoms with Crippen LogP contribution in [0.3, 0.4) is 0 Å². The van der Waals surface area contributed by atoms with Crippen LogP contribution in [0.25, 0.3) is 0 Å². The van der Waals surface area contributed by atoms with Crippen LogP contribution >= 0.6 is 0 Å². The van der Waals surface area contributed by atoms with Crippen molar-refractivity contribution in [1.29, 1.82) is 0 Å². The number of rotatable bonds is 3. The van der Waals surface area contributed by atoms with Crippen molar-refractivity contribution in [2.24, 2.45) is 0 Å². The van der Waals surface area contributed by atoms with Crippen molar-refractivity contribution in [3.63, 3.8) is 0 Å². The first-order valence-electron chi connectivity index (χ1n) is 6.24. The summed E-state index contributed by atoms with van der Waals surface area (Å²) in [6.45, 7) is 2.31. The molecule has 1 amide bonds. The average molecular weight is 282 g/mol. The van der Waals surface area contributed by atoms with Crippen LogP contribution in [0.2, 0.25) is 0 Å². The first-order valence-corrected chi connectivity index (χ1v) is 8.20. The molecule has 1 aromatic carbocycles. The summed E-state index contributed by atoms with van der Waals surface area (Å²) in [4.78, 5) is 11.8. The number of benzene rings is 1. The number of nitrogens with one attached hydrogen (secondary N) is 2. The van der Waals surface area contributed by atoms with E-state index in [2.05, 4.69) is 10.6 Å². The molecule has 5 nitrogen and oxygen atoms in total. The zero-order valence-corrected chi connectivity index (χ0v) is 11.9. The minimum atomic E-state index is -3.37. The first-order chi connectivity index (χ1) is 8.88. The van der Waals surface area contributed by atoms with Crippen molar-refractivity contribution in [1.82, 2.24) is 0 Å². The number of sulfone groups is 1. The van der Waals surface area contributed by atoms with Crippen molar-refractivity contribution >= 4 is 27.1 Å². The summed E-state index contributed by atoms with van der Waals surface area (Å²) in [5.74, 6) is -0.502. The first kappa shape index (κ1) is 13.9. The second kappa shape index (κ2) is 5.21. The molecular weight excluding hydrogens is 264 g/mol. The number of carbonyl (C=O) groups excluding carboxylic acids is 1. The highest BCUT2D eigenvalue weighted by Gasteiger charge is 2.23. The third-order valence-corrected chi connectivity index (χ3v) is 4.83. The lowest BCUT2D eigenvalue weighted by Gasteiger charge is -2.19. The van der Waals surface area contributed by atoms with Crippen LogP contribution in [-0.2, 0) is 21.1 Å². The molecule has 104 valence electrons. The van der Waals surface area contributed by atoms with Gasteiger partial charge in [0.25, 0.3) is 0 Å². The number of aryl methyl sites for hydroxylation is 1. The van der Waals surface area contributed by atoms with Crippen molar-refractivity contribution in [2.75, 3.05) is 23.4 Å². The van der Waals surface area contributed by atoms with Gasteiger partial charge >= 0.3 is 0 Å². The molecule has 0 aliphatic carbocycles. The fraction of sp³-hybridized carbons (Fsp3) is 0.462. The molecule has 0 saturated carbocycles.